The summed E-state index contributed by atoms with van der Waals surface area (Å²) in [6.45, 7) is 1.76. The van der Waals surface area contributed by atoms with Gasteiger partial charge in [-0.25, -0.2) is 13.9 Å². The number of hydrogen-bond acceptors (Lipinski definition) is 4. The van der Waals surface area contributed by atoms with E-state index in [4.69, 9.17) is 16.3 Å². The van der Waals surface area contributed by atoms with E-state index in [1.807, 2.05) is 30.3 Å². The number of amides is 1. The minimum atomic E-state index is -1.01. The van der Waals surface area contributed by atoms with Crippen molar-refractivity contribution in [3.05, 3.63) is 101 Å². The fraction of sp³-hybridized carbons (Fsp3) is 0.179. The summed E-state index contributed by atoms with van der Waals surface area (Å²) < 4.78 is 22.2. The van der Waals surface area contributed by atoms with Crippen LogP contribution in [0.3, 0.4) is 0 Å². The maximum absolute atomic E-state index is 15.3. The van der Waals surface area contributed by atoms with Gasteiger partial charge >= 0.3 is 12.1 Å². The van der Waals surface area contributed by atoms with Crippen LogP contribution in [0.1, 0.15) is 37.0 Å². The van der Waals surface area contributed by atoms with Crippen LogP contribution in [0.5, 0.6) is 0 Å². The number of anilines is 1. The maximum atomic E-state index is 15.3. The van der Waals surface area contributed by atoms with Crippen LogP contribution >= 0.6 is 11.6 Å². The van der Waals surface area contributed by atoms with Gasteiger partial charge in [0.05, 0.1) is 17.3 Å². The fourth-order valence-electron chi connectivity index (χ4n) is 4.37. The topological polar surface area (TPSA) is 93.5 Å². The van der Waals surface area contributed by atoms with Gasteiger partial charge in [-0.2, -0.15) is 5.10 Å². The molecule has 1 unspecified atom stereocenters. The number of aliphatic carboxylic acids is 1. The van der Waals surface area contributed by atoms with Gasteiger partial charge in [-0.1, -0.05) is 72.3 Å². The number of halogens is 2. The lowest BCUT2D eigenvalue weighted by atomic mass is 9.93. The predicted octanol–water partition coefficient (Wildman–Crippen LogP) is 6.76. The van der Waals surface area contributed by atoms with Crippen molar-refractivity contribution in [3.63, 3.8) is 0 Å². The van der Waals surface area contributed by atoms with Crippen LogP contribution in [-0.2, 0) is 14.9 Å². The number of ether oxygens (including phenoxy) is 1. The van der Waals surface area contributed by atoms with Gasteiger partial charge in [0.1, 0.15) is 16.9 Å². The molecule has 9 heteroatoms. The Kier molecular flexibility index (Phi) is 6.43. The van der Waals surface area contributed by atoms with Crippen LogP contribution < -0.4 is 5.32 Å². The number of nitrogens with zero attached hydrogens (tertiary/aromatic N) is 2. The van der Waals surface area contributed by atoms with E-state index >= 15 is 4.39 Å². The lowest BCUT2D eigenvalue weighted by molar-refractivity contribution is -0.140. The number of carboxylic acids is 1. The highest BCUT2D eigenvalue weighted by molar-refractivity contribution is 6.33. The molecule has 0 spiro atoms. The molecule has 1 fully saturated rings. The van der Waals surface area contributed by atoms with Crippen LogP contribution in [0.4, 0.5) is 15.0 Å². The van der Waals surface area contributed by atoms with Crippen molar-refractivity contribution in [1.29, 1.82) is 0 Å². The summed E-state index contributed by atoms with van der Waals surface area (Å²) >= 11 is 6.35. The van der Waals surface area contributed by atoms with E-state index in [9.17, 15) is 14.7 Å². The van der Waals surface area contributed by atoms with Crippen molar-refractivity contribution in [1.82, 2.24) is 9.78 Å². The van der Waals surface area contributed by atoms with E-state index in [-0.39, 0.29) is 16.4 Å². The third-order valence-electron chi connectivity index (χ3n) is 6.60. The molecule has 4 aromatic rings. The summed E-state index contributed by atoms with van der Waals surface area (Å²) in [7, 11) is 0. The normalized spacial score (nSPS) is 14.6. The molecular formula is C28H23ClFN3O4. The zero-order valence-electron chi connectivity index (χ0n) is 19.8. The molecule has 1 saturated carbocycles. The fourth-order valence-corrected chi connectivity index (χ4v) is 4.54. The largest absolute Gasteiger partial charge is 0.481 e. The second-order valence-electron chi connectivity index (χ2n) is 8.94. The monoisotopic (exact) mass is 519 g/mol. The molecule has 0 aliphatic heterocycles. The molecule has 1 heterocycles. The molecule has 0 radical (unpaired) electrons. The maximum Gasteiger partial charge on any atom is 0.413 e. The summed E-state index contributed by atoms with van der Waals surface area (Å²) in [6, 6.07) is 20.7. The first-order valence-corrected chi connectivity index (χ1v) is 12.1. The second-order valence-corrected chi connectivity index (χ2v) is 9.34. The van der Waals surface area contributed by atoms with Gasteiger partial charge in [-0.05, 0) is 43.0 Å². The van der Waals surface area contributed by atoms with Crippen LogP contribution in [-0.4, -0.2) is 26.9 Å². The van der Waals surface area contributed by atoms with Crippen LogP contribution in [0.15, 0.2) is 79.0 Å². The highest BCUT2D eigenvalue weighted by atomic mass is 35.5. The molecule has 5 rings (SSSR count). The first kappa shape index (κ1) is 24.5. The Bertz CT molecular complexity index is 1480. The van der Waals surface area contributed by atoms with Gasteiger partial charge in [-0.3, -0.25) is 10.1 Å². The van der Waals surface area contributed by atoms with Crippen molar-refractivity contribution in [2.45, 2.75) is 31.3 Å². The third kappa shape index (κ3) is 4.68. The smallest absolute Gasteiger partial charge is 0.413 e. The third-order valence-corrected chi connectivity index (χ3v) is 6.88. The highest BCUT2D eigenvalue weighted by Crippen LogP contribution is 2.49. The average molecular weight is 520 g/mol. The van der Waals surface area contributed by atoms with E-state index in [1.54, 1.807) is 43.3 Å². The standard InChI is InChI=1S/C28H23ClFN3O4/c1-17(18-7-3-2-4-8-18)37-27(36)32-25-22(29)16-31-33(25)24-10-6-5-9-21(24)20-12-11-19(15-23(20)30)28(13-14-28)26(34)35/h2-12,15-17H,13-14H2,1H3,(H,32,36)(H,34,35). The van der Waals surface area contributed by atoms with Crippen molar-refractivity contribution in [3.8, 4) is 16.8 Å². The van der Waals surface area contributed by atoms with Gasteiger partial charge < -0.3 is 9.84 Å². The Balaban J connectivity index is 1.45. The van der Waals surface area contributed by atoms with E-state index < -0.39 is 29.4 Å². The molecule has 0 saturated heterocycles. The molecule has 1 aliphatic rings. The zero-order valence-corrected chi connectivity index (χ0v) is 20.6. The van der Waals surface area contributed by atoms with Gasteiger partial charge in [0.15, 0.2) is 5.82 Å². The lowest BCUT2D eigenvalue weighted by Crippen LogP contribution is -2.19. The number of para-hydroxylation sites is 1. The van der Waals surface area contributed by atoms with Crippen LogP contribution in [0.25, 0.3) is 16.8 Å². The summed E-state index contributed by atoms with van der Waals surface area (Å²) in [4.78, 5) is 24.4. The second kappa shape index (κ2) is 9.71. The molecule has 1 amide bonds. The van der Waals surface area contributed by atoms with Gasteiger partial charge in [0.25, 0.3) is 0 Å². The minimum absolute atomic E-state index is 0.166. The number of carboxylic acid groups (broad SMARTS) is 1. The van der Waals surface area contributed by atoms with E-state index in [1.165, 1.54) is 16.9 Å². The molecule has 1 atom stereocenters. The molecule has 1 aliphatic carbocycles. The molecule has 0 bridgehead atoms. The van der Waals surface area contributed by atoms with E-state index in [0.29, 0.717) is 29.7 Å². The molecule has 3 aromatic carbocycles. The summed E-state index contributed by atoms with van der Waals surface area (Å²) in [6.07, 6.45) is 1.11. The number of carbonyl (C=O) groups is 2. The number of nitrogens with one attached hydrogen (secondary N) is 1. The predicted molar refractivity (Wildman–Crippen MR) is 137 cm³/mol. The summed E-state index contributed by atoms with van der Waals surface area (Å²) in [5, 5.41) is 16.7. The zero-order chi connectivity index (χ0) is 26.2. The average Bonchev–Trinajstić information content (AvgIpc) is 3.64. The number of carbonyl (C=O) groups excluding carboxylic acids is 1. The van der Waals surface area contributed by atoms with Crippen LogP contribution in [0, 0.1) is 5.82 Å². The Morgan fingerprint density at radius 1 is 1.08 bits per heavy atom. The Morgan fingerprint density at radius 2 is 1.78 bits per heavy atom. The first-order valence-electron chi connectivity index (χ1n) is 11.7. The van der Waals surface area contributed by atoms with Crippen molar-refractivity contribution in [2.75, 3.05) is 5.32 Å². The number of rotatable bonds is 7. The molecule has 2 N–H and O–H groups in total. The molecule has 37 heavy (non-hydrogen) atoms. The summed E-state index contributed by atoms with van der Waals surface area (Å²) in [5.41, 5.74) is 1.48. The molecular weight excluding hydrogens is 497 g/mol. The highest BCUT2D eigenvalue weighted by Gasteiger charge is 2.51. The first-order chi connectivity index (χ1) is 17.8. The van der Waals surface area contributed by atoms with E-state index in [2.05, 4.69) is 10.4 Å². The minimum Gasteiger partial charge on any atom is -0.481 e. The Labute approximate surface area is 217 Å². The van der Waals surface area contributed by atoms with Crippen molar-refractivity contribution < 1.29 is 23.8 Å². The molecule has 7 nitrogen and oxygen atoms in total. The summed E-state index contributed by atoms with van der Waals surface area (Å²) in [5.74, 6) is -1.34. The van der Waals surface area contributed by atoms with Gasteiger partial charge in [-0.15, -0.1) is 0 Å². The van der Waals surface area contributed by atoms with E-state index in [0.717, 1.165) is 5.56 Å². The van der Waals surface area contributed by atoms with Crippen LogP contribution in [0.2, 0.25) is 5.02 Å². The Hall–Kier alpha value is -4.17. The van der Waals surface area contributed by atoms with Gasteiger partial charge in [0, 0.05) is 11.1 Å². The quantitative estimate of drug-likeness (QED) is 0.281. The SMILES string of the molecule is CC(OC(=O)Nc1c(Cl)cnn1-c1ccccc1-c1ccc(C2(C(=O)O)CC2)cc1F)c1ccccc1. The Morgan fingerprint density at radius 3 is 2.46 bits per heavy atom. The van der Waals surface area contributed by atoms with Gasteiger partial charge in [0.2, 0.25) is 0 Å². The number of benzene rings is 3. The molecule has 188 valence electrons. The molecule has 1 aromatic heterocycles. The lowest BCUT2D eigenvalue weighted by Gasteiger charge is -2.17. The number of aromatic nitrogens is 2. The number of hydrogen-bond donors (Lipinski definition) is 2. The van der Waals surface area contributed by atoms with Crippen molar-refractivity contribution >= 4 is 29.5 Å². The van der Waals surface area contributed by atoms with Crippen molar-refractivity contribution in [2.24, 2.45) is 0 Å².